The number of methoxy groups -OCH3 is 1. The number of aliphatic hydroxyl groups excluding tert-OH is 1. The van der Waals surface area contributed by atoms with Crippen molar-refractivity contribution in [1.82, 2.24) is 4.90 Å². The van der Waals surface area contributed by atoms with E-state index in [0.29, 0.717) is 32.6 Å². The number of aliphatic hydroxyl groups is 1. The highest BCUT2D eigenvalue weighted by Gasteiger charge is 2.53. The SMILES string of the molecule is COc1ccc(CN2C(=O)[C@@H](OCc3ccccc3)[C@H](CO[Si](c3ccccc3)(c3ccccc3)C(C)(C)C)[C@H]2CCCO)cc1. The second-order valence-electron chi connectivity index (χ2n) is 13.1. The molecule has 7 heteroatoms. The molecule has 3 atom stereocenters. The fraction of sp³-hybridized carbons (Fsp3) is 0.359. The minimum Gasteiger partial charge on any atom is -0.497 e. The molecule has 0 aliphatic carbocycles. The Morgan fingerprint density at radius 3 is 1.87 bits per heavy atom. The van der Waals surface area contributed by atoms with Crippen LogP contribution in [0.5, 0.6) is 5.75 Å². The van der Waals surface area contributed by atoms with Crippen molar-refractivity contribution < 1.29 is 23.8 Å². The summed E-state index contributed by atoms with van der Waals surface area (Å²) in [5.74, 6) is 0.502. The van der Waals surface area contributed by atoms with Gasteiger partial charge in [0.1, 0.15) is 11.9 Å². The van der Waals surface area contributed by atoms with Gasteiger partial charge < -0.3 is 23.9 Å². The highest BCUT2D eigenvalue weighted by molar-refractivity contribution is 6.99. The molecule has 0 bridgehead atoms. The van der Waals surface area contributed by atoms with Crippen LogP contribution in [0.1, 0.15) is 44.7 Å². The lowest BCUT2D eigenvalue weighted by Gasteiger charge is -2.44. The number of benzene rings is 4. The van der Waals surface area contributed by atoms with E-state index >= 15 is 0 Å². The molecule has 1 heterocycles. The maximum atomic E-state index is 14.4. The maximum Gasteiger partial charge on any atom is 0.261 e. The third-order valence-corrected chi connectivity index (χ3v) is 14.2. The van der Waals surface area contributed by atoms with Crippen molar-refractivity contribution in [3.05, 3.63) is 126 Å². The van der Waals surface area contributed by atoms with Gasteiger partial charge in [0.25, 0.3) is 14.2 Å². The van der Waals surface area contributed by atoms with Crippen molar-refractivity contribution >= 4 is 24.6 Å². The molecule has 1 fully saturated rings. The molecule has 4 aromatic rings. The lowest BCUT2D eigenvalue weighted by atomic mass is 9.95. The molecular weight excluding hydrogens is 591 g/mol. The fourth-order valence-corrected chi connectivity index (χ4v) is 11.5. The zero-order valence-corrected chi connectivity index (χ0v) is 28.5. The second kappa shape index (κ2) is 15.2. The van der Waals surface area contributed by atoms with Crippen molar-refractivity contribution in [2.24, 2.45) is 5.92 Å². The fourth-order valence-electron chi connectivity index (χ4n) is 6.87. The van der Waals surface area contributed by atoms with Gasteiger partial charge in [0.2, 0.25) is 0 Å². The Labute approximate surface area is 275 Å². The minimum absolute atomic E-state index is 0.0364. The van der Waals surface area contributed by atoms with Crippen LogP contribution in [-0.2, 0) is 27.1 Å². The smallest absolute Gasteiger partial charge is 0.261 e. The number of amides is 1. The zero-order valence-electron chi connectivity index (χ0n) is 27.5. The highest BCUT2D eigenvalue weighted by Crippen LogP contribution is 2.40. The van der Waals surface area contributed by atoms with Gasteiger partial charge in [-0.3, -0.25) is 4.79 Å². The Bertz CT molecular complexity index is 1470. The molecule has 6 nitrogen and oxygen atoms in total. The first-order valence-corrected chi connectivity index (χ1v) is 18.1. The van der Waals surface area contributed by atoms with Gasteiger partial charge in [-0.1, -0.05) is 124 Å². The van der Waals surface area contributed by atoms with E-state index in [2.05, 4.69) is 69.3 Å². The molecule has 242 valence electrons. The van der Waals surface area contributed by atoms with Crippen LogP contribution >= 0.6 is 0 Å². The summed E-state index contributed by atoms with van der Waals surface area (Å²) < 4.78 is 19.3. The van der Waals surface area contributed by atoms with Crippen molar-refractivity contribution in [3.8, 4) is 5.75 Å². The van der Waals surface area contributed by atoms with Gasteiger partial charge in [-0.2, -0.15) is 0 Å². The van der Waals surface area contributed by atoms with Gasteiger partial charge in [-0.25, -0.2) is 0 Å². The molecule has 0 radical (unpaired) electrons. The molecule has 0 spiro atoms. The topological polar surface area (TPSA) is 68.2 Å². The Morgan fingerprint density at radius 2 is 1.35 bits per heavy atom. The number of carbonyl (C=O) groups excluding carboxylic acids is 1. The Hall–Kier alpha value is -3.75. The summed E-state index contributed by atoms with van der Waals surface area (Å²) in [6.45, 7) is 7.98. The lowest BCUT2D eigenvalue weighted by Crippen LogP contribution is -2.67. The quantitative estimate of drug-likeness (QED) is 0.173. The van der Waals surface area contributed by atoms with Gasteiger partial charge >= 0.3 is 0 Å². The van der Waals surface area contributed by atoms with Gasteiger partial charge in [0.15, 0.2) is 0 Å². The predicted molar refractivity (Wildman–Crippen MR) is 186 cm³/mol. The van der Waals surface area contributed by atoms with E-state index in [0.717, 1.165) is 16.9 Å². The molecule has 0 unspecified atom stereocenters. The molecule has 5 rings (SSSR count). The third kappa shape index (κ3) is 7.29. The second-order valence-corrected chi connectivity index (χ2v) is 17.4. The molecule has 1 N–H and O–H groups in total. The van der Waals surface area contributed by atoms with Crippen LogP contribution in [0, 0.1) is 5.92 Å². The first-order chi connectivity index (χ1) is 22.3. The first kappa shape index (κ1) is 33.6. The number of ether oxygens (including phenoxy) is 2. The van der Waals surface area contributed by atoms with Crippen LogP contribution in [0.25, 0.3) is 0 Å². The maximum absolute atomic E-state index is 14.4. The van der Waals surface area contributed by atoms with E-state index in [4.69, 9.17) is 13.9 Å². The van der Waals surface area contributed by atoms with E-state index < -0.39 is 14.4 Å². The largest absolute Gasteiger partial charge is 0.497 e. The average Bonchev–Trinajstić information content (AvgIpc) is 3.32. The predicted octanol–water partition coefficient (Wildman–Crippen LogP) is 5.96. The summed E-state index contributed by atoms with van der Waals surface area (Å²) in [4.78, 5) is 16.3. The molecule has 1 aliphatic heterocycles. The number of carbonyl (C=O) groups is 1. The van der Waals surface area contributed by atoms with E-state index in [1.54, 1.807) is 7.11 Å². The molecule has 46 heavy (non-hydrogen) atoms. The lowest BCUT2D eigenvalue weighted by molar-refractivity contribution is -0.140. The van der Waals surface area contributed by atoms with E-state index in [1.165, 1.54) is 10.4 Å². The van der Waals surface area contributed by atoms with Crippen LogP contribution in [-0.4, -0.2) is 56.7 Å². The number of hydrogen-bond acceptors (Lipinski definition) is 5. The third-order valence-electron chi connectivity index (χ3n) is 9.16. The van der Waals surface area contributed by atoms with Crippen LogP contribution in [0.15, 0.2) is 115 Å². The highest BCUT2D eigenvalue weighted by atomic mass is 28.4. The summed E-state index contributed by atoms with van der Waals surface area (Å²) >= 11 is 0. The van der Waals surface area contributed by atoms with Crippen molar-refractivity contribution in [2.75, 3.05) is 20.3 Å². The van der Waals surface area contributed by atoms with Crippen molar-refractivity contribution in [2.45, 2.75) is 63.9 Å². The molecule has 0 saturated carbocycles. The summed E-state index contributed by atoms with van der Waals surface area (Å²) in [5, 5.41) is 12.1. The standard InChI is InChI=1S/C39H47NO5Si/c1-39(2,3)46(33-17-10-6-11-18-33,34-19-12-7-13-20-34)45-29-35-36(21-14-26-41)40(27-30-22-24-32(43-4)25-23-30)38(42)37(35)44-28-31-15-8-5-9-16-31/h5-13,15-20,22-25,35-37,41H,14,21,26-29H2,1-4H3/t35-,36-,37+/m1/s1. The molecule has 0 aromatic heterocycles. The summed E-state index contributed by atoms with van der Waals surface area (Å²) in [6.07, 6.45) is 0.552. The molecule has 1 saturated heterocycles. The summed E-state index contributed by atoms with van der Waals surface area (Å²) in [5.41, 5.74) is 2.03. The Kier molecular flexibility index (Phi) is 11.1. The zero-order chi connectivity index (χ0) is 32.6. The van der Waals surface area contributed by atoms with Crippen LogP contribution in [0.4, 0.5) is 0 Å². The number of rotatable bonds is 14. The monoisotopic (exact) mass is 637 g/mol. The van der Waals surface area contributed by atoms with Gasteiger partial charge in [-0.15, -0.1) is 0 Å². The molecule has 1 aliphatic rings. The molecular formula is C39H47NO5Si. The van der Waals surface area contributed by atoms with Crippen LogP contribution < -0.4 is 15.1 Å². The van der Waals surface area contributed by atoms with Gasteiger partial charge in [-0.05, 0) is 51.5 Å². The Balaban J connectivity index is 1.54. The molecule has 4 aromatic carbocycles. The average molecular weight is 638 g/mol. The normalized spacial score (nSPS) is 18.6. The van der Waals surface area contributed by atoms with Gasteiger partial charge in [0, 0.05) is 31.7 Å². The van der Waals surface area contributed by atoms with Crippen molar-refractivity contribution in [3.63, 3.8) is 0 Å². The summed E-state index contributed by atoms with van der Waals surface area (Å²) in [6, 6.07) is 38.8. The van der Waals surface area contributed by atoms with E-state index in [-0.39, 0.29) is 29.5 Å². The summed E-state index contributed by atoms with van der Waals surface area (Å²) in [7, 11) is -1.22. The van der Waals surface area contributed by atoms with Crippen LogP contribution in [0.3, 0.4) is 0 Å². The van der Waals surface area contributed by atoms with Crippen LogP contribution in [0.2, 0.25) is 5.04 Å². The first-order valence-electron chi connectivity index (χ1n) is 16.2. The number of hydrogen-bond donors (Lipinski definition) is 1. The van der Waals surface area contributed by atoms with E-state index in [1.807, 2.05) is 71.6 Å². The van der Waals surface area contributed by atoms with E-state index in [9.17, 15) is 9.90 Å². The number of likely N-dealkylation sites (tertiary alicyclic amines) is 1. The van der Waals surface area contributed by atoms with Gasteiger partial charge in [0.05, 0.1) is 13.7 Å². The Morgan fingerprint density at radius 1 is 0.783 bits per heavy atom. The molecule has 1 amide bonds. The van der Waals surface area contributed by atoms with Crippen molar-refractivity contribution in [1.29, 1.82) is 0 Å². The minimum atomic E-state index is -2.87. The number of nitrogens with zero attached hydrogens (tertiary/aromatic N) is 1.